The maximum absolute atomic E-state index is 9.15. The number of aromatic nitrogens is 2. The third kappa shape index (κ3) is 3.92. The first-order valence-corrected chi connectivity index (χ1v) is 8.15. The molecule has 0 spiro atoms. The van der Waals surface area contributed by atoms with Crippen LogP contribution in [0.4, 0.5) is 11.8 Å². The van der Waals surface area contributed by atoms with Crippen LogP contribution in [-0.4, -0.2) is 27.7 Å². The lowest BCUT2D eigenvalue weighted by Crippen LogP contribution is -2.21. The summed E-state index contributed by atoms with van der Waals surface area (Å²) >= 11 is 1.73. The van der Waals surface area contributed by atoms with Crippen LogP contribution in [0.3, 0.4) is 0 Å². The molecule has 1 saturated carbocycles. The molecular formula is C15H20N4OS. The summed E-state index contributed by atoms with van der Waals surface area (Å²) < 4.78 is 0. The molecule has 5 nitrogen and oxygen atoms in total. The van der Waals surface area contributed by atoms with E-state index in [-0.39, 0.29) is 12.6 Å². The van der Waals surface area contributed by atoms with Gasteiger partial charge in [-0.15, -0.1) is 11.3 Å². The largest absolute Gasteiger partial charge is 0.394 e. The van der Waals surface area contributed by atoms with Crippen molar-refractivity contribution in [2.45, 2.75) is 38.3 Å². The first-order valence-electron chi connectivity index (χ1n) is 7.27. The number of nitrogens with zero attached hydrogens (tertiary/aromatic N) is 2. The Kier molecular flexibility index (Phi) is 4.36. The predicted octanol–water partition coefficient (Wildman–Crippen LogP) is 2.82. The molecule has 1 aliphatic rings. The molecule has 112 valence electrons. The second-order valence-electron chi connectivity index (χ2n) is 5.44. The van der Waals surface area contributed by atoms with Crippen LogP contribution in [0, 0.1) is 0 Å². The number of anilines is 2. The Labute approximate surface area is 128 Å². The normalized spacial score (nSPS) is 15.7. The summed E-state index contributed by atoms with van der Waals surface area (Å²) in [5, 5.41) is 17.7. The van der Waals surface area contributed by atoms with Gasteiger partial charge in [-0.1, -0.05) is 6.07 Å². The molecule has 0 aromatic carbocycles. The Bertz CT molecular complexity index is 583. The highest BCUT2D eigenvalue weighted by atomic mass is 32.1. The van der Waals surface area contributed by atoms with Gasteiger partial charge in [0.15, 0.2) is 0 Å². The maximum Gasteiger partial charge on any atom is 0.225 e. The van der Waals surface area contributed by atoms with Gasteiger partial charge in [-0.25, -0.2) is 4.98 Å². The molecule has 0 unspecified atom stereocenters. The smallest absolute Gasteiger partial charge is 0.225 e. The summed E-state index contributed by atoms with van der Waals surface area (Å²) in [6.07, 6.45) is 2.41. The summed E-state index contributed by atoms with van der Waals surface area (Å²) in [5.41, 5.74) is 1.09. The fourth-order valence-electron chi connectivity index (χ4n) is 2.07. The van der Waals surface area contributed by atoms with E-state index >= 15 is 0 Å². The van der Waals surface area contributed by atoms with E-state index in [4.69, 9.17) is 5.11 Å². The molecule has 0 radical (unpaired) electrons. The topological polar surface area (TPSA) is 70.1 Å². The first kappa shape index (κ1) is 14.3. The average molecular weight is 304 g/mol. The summed E-state index contributed by atoms with van der Waals surface area (Å²) in [4.78, 5) is 10.3. The second kappa shape index (κ2) is 6.41. The lowest BCUT2D eigenvalue weighted by Gasteiger charge is -2.13. The van der Waals surface area contributed by atoms with Crippen molar-refractivity contribution in [3.8, 4) is 0 Å². The van der Waals surface area contributed by atoms with Crippen LogP contribution in [0.2, 0.25) is 0 Å². The Morgan fingerprint density at radius 3 is 2.95 bits per heavy atom. The van der Waals surface area contributed by atoms with Crippen molar-refractivity contribution >= 4 is 23.1 Å². The molecular weight excluding hydrogens is 284 g/mol. The Balaban J connectivity index is 1.74. The van der Waals surface area contributed by atoms with Gasteiger partial charge in [0.2, 0.25) is 5.95 Å². The summed E-state index contributed by atoms with van der Waals surface area (Å²) in [5.74, 6) is 2.00. The van der Waals surface area contributed by atoms with Crippen molar-refractivity contribution in [2.75, 3.05) is 17.2 Å². The Morgan fingerprint density at radius 1 is 1.43 bits per heavy atom. The quantitative estimate of drug-likeness (QED) is 0.734. The van der Waals surface area contributed by atoms with Gasteiger partial charge in [0.25, 0.3) is 0 Å². The molecule has 6 heteroatoms. The van der Waals surface area contributed by atoms with Gasteiger partial charge in [0.05, 0.1) is 18.8 Å². The summed E-state index contributed by atoms with van der Waals surface area (Å²) in [7, 11) is 0. The maximum atomic E-state index is 9.15. The fourth-order valence-corrected chi connectivity index (χ4v) is 2.71. The molecule has 2 heterocycles. The third-order valence-electron chi connectivity index (χ3n) is 3.41. The molecule has 0 aliphatic heterocycles. The minimum absolute atomic E-state index is 0.0513. The van der Waals surface area contributed by atoms with Gasteiger partial charge in [0.1, 0.15) is 5.82 Å². The zero-order valence-electron chi connectivity index (χ0n) is 12.0. The van der Waals surface area contributed by atoms with Gasteiger partial charge in [-0.05, 0) is 31.2 Å². The lowest BCUT2D eigenvalue weighted by molar-refractivity contribution is 0.281. The van der Waals surface area contributed by atoms with Crippen LogP contribution < -0.4 is 10.6 Å². The highest BCUT2D eigenvalue weighted by Gasteiger charge is 2.26. The predicted molar refractivity (Wildman–Crippen MR) is 85.8 cm³/mol. The van der Waals surface area contributed by atoms with Crippen molar-refractivity contribution in [3.05, 3.63) is 34.2 Å². The summed E-state index contributed by atoms with van der Waals surface area (Å²) in [6, 6.07) is 6.14. The molecule has 1 fully saturated rings. The molecule has 21 heavy (non-hydrogen) atoms. The lowest BCUT2D eigenvalue weighted by atomic mass is 10.2. The average Bonchev–Trinajstić information content (AvgIpc) is 3.21. The van der Waals surface area contributed by atoms with Crippen LogP contribution in [0.5, 0.6) is 0 Å². The third-order valence-corrected chi connectivity index (χ3v) is 4.29. The van der Waals surface area contributed by atoms with Crippen LogP contribution >= 0.6 is 11.3 Å². The molecule has 1 aliphatic carbocycles. The van der Waals surface area contributed by atoms with E-state index in [2.05, 4.69) is 32.0 Å². The van der Waals surface area contributed by atoms with E-state index in [0.717, 1.165) is 18.1 Å². The first-order chi connectivity index (χ1) is 10.2. The molecule has 2 aromatic heterocycles. The highest BCUT2D eigenvalue weighted by molar-refractivity contribution is 7.09. The standard InChI is InChI=1S/C15H20N4OS/c1-10(9-20)17-15-18-13(11-4-5-11)7-14(19-15)16-8-12-3-2-6-21-12/h2-3,6-7,10-11,20H,4-5,8-9H2,1H3,(H2,16,17,18,19)/t10-/m0/s1. The number of hydrogen-bond donors (Lipinski definition) is 3. The molecule has 0 amide bonds. The van der Waals surface area contributed by atoms with E-state index in [1.165, 1.54) is 17.7 Å². The number of thiophene rings is 1. The van der Waals surface area contributed by atoms with Gasteiger partial charge in [-0.2, -0.15) is 4.98 Å². The van der Waals surface area contributed by atoms with E-state index in [9.17, 15) is 0 Å². The van der Waals surface area contributed by atoms with Gasteiger partial charge in [0, 0.05) is 22.9 Å². The van der Waals surface area contributed by atoms with E-state index in [0.29, 0.717) is 11.9 Å². The number of hydrogen-bond acceptors (Lipinski definition) is 6. The zero-order valence-corrected chi connectivity index (χ0v) is 12.9. The van der Waals surface area contributed by atoms with Crippen molar-refractivity contribution in [3.63, 3.8) is 0 Å². The van der Waals surface area contributed by atoms with Crippen LogP contribution in [-0.2, 0) is 6.54 Å². The van der Waals surface area contributed by atoms with E-state index in [1.54, 1.807) is 11.3 Å². The molecule has 2 aromatic rings. The Hall–Kier alpha value is -1.66. The molecule has 0 saturated heterocycles. The monoisotopic (exact) mass is 304 g/mol. The molecule has 3 rings (SSSR count). The minimum Gasteiger partial charge on any atom is -0.394 e. The second-order valence-corrected chi connectivity index (χ2v) is 6.47. The molecule has 3 N–H and O–H groups in total. The van der Waals surface area contributed by atoms with Crippen molar-refractivity contribution in [1.82, 2.24) is 9.97 Å². The number of aliphatic hydroxyl groups is 1. The SMILES string of the molecule is C[C@@H](CO)Nc1nc(NCc2cccs2)cc(C2CC2)n1. The van der Waals surface area contributed by atoms with Crippen molar-refractivity contribution in [2.24, 2.45) is 0 Å². The van der Waals surface area contributed by atoms with Crippen LogP contribution in [0.1, 0.15) is 36.3 Å². The number of nitrogens with one attached hydrogen (secondary N) is 2. The van der Waals surface area contributed by atoms with Gasteiger partial charge >= 0.3 is 0 Å². The van der Waals surface area contributed by atoms with Gasteiger partial charge < -0.3 is 15.7 Å². The van der Waals surface area contributed by atoms with Crippen molar-refractivity contribution < 1.29 is 5.11 Å². The van der Waals surface area contributed by atoms with Crippen LogP contribution in [0.25, 0.3) is 0 Å². The van der Waals surface area contributed by atoms with Crippen molar-refractivity contribution in [1.29, 1.82) is 0 Å². The van der Waals surface area contributed by atoms with Gasteiger partial charge in [-0.3, -0.25) is 0 Å². The van der Waals surface area contributed by atoms with Crippen LogP contribution in [0.15, 0.2) is 23.6 Å². The van der Waals surface area contributed by atoms with E-state index < -0.39 is 0 Å². The number of rotatable bonds is 7. The number of aliphatic hydroxyl groups excluding tert-OH is 1. The minimum atomic E-state index is -0.0513. The Morgan fingerprint density at radius 2 is 2.29 bits per heavy atom. The fraction of sp³-hybridized carbons (Fsp3) is 0.467. The zero-order chi connectivity index (χ0) is 14.7. The molecule has 0 bridgehead atoms. The highest BCUT2D eigenvalue weighted by Crippen LogP contribution is 2.39. The van der Waals surface area contributed by atoms with E-state index in [1.807, 2.05) is 19.1 Å². The summed E-state index contributed by atoms with van der Waals surface area (Å²) in [6.45, 7) is 2.74. The molecule has 1 atom stereocenters.